The zero-order valence-corrected chi connectivity index (χ0v) is 9.66. The molecule has 0 aromatic heterocycles. The molecule has 0 amide bonds. The maximum atomic E-state index is 4.06. The molecule has 0 bridgehead atoms. The van der Waals surface area contributed by atoms with Crippen LogP contribution in [0.4, 0.5) is 0 Å². The van der Waals surface area contributed by atoms with Gasteiger partial charge in [0.15, 0.2) is 0 Å². The van der Waals surface area contributed by atoms with E-state index < -0.39 is 0 Å². The molecule has 0 aliphatic carbocycles. The molecule has 1 aromatic rings. The Morgan fingerprint density at radius 2 is 1.79 bits per heavy atom. The van der Waals surface area contributed by atoms with Gasteiger partial charge >= 0.3 is 0 Å². The first-order chi connectivity index (χ1) is 6.59. The minimum absolute atomic E-state index is 0.929. The lowest BCUT2D eigenvalue weighted by Crippen LogP contribution is -1.86. The smallest absolute Gasteiger partial charge is 0.0228 e. The van der Waals surface area contributed by atoms with Crippen molar-refractivity contribution in [1.82, 2.24) is 0 Å². The largest absolute Gasteiger partial charge is 0.127 e. The zero-order valence-electron chi connectivity index (χ0n) is 8.84. The molecule has 0 nitrogen and oxygen atoms in total. The molecule has 0 aliphatic heterocycles. The van der Waals surface area contributed by atoms with E-state index in [0.717, 1.165) is 16.2 Å². The number of hydrogen-bond donors (Lipinski definition) is 0. The normalized spacial score (nSPS) is 9.86. The van der Waals surface area contributed by atoms with E-state index in [0.29, 0.717) is 0 Å². The lowest BCUT2D eigenvalue weighted by molar-refractivity contribution is 1.45. The minimum atomic E-state index is 0.929. The molecule has 0 fully saturated rings. The Balaban J connectivity index is 2.61. The molecule has 0 saturated carbocycles. The van der Waals surface area contributed by atoms with Crippen LogP contribution in [0.3, 0.4) is 0 Å². The van der Waals surface area contributed by atoms with Crippen LogP contribution in [0.1, 0.15) is 18.1 Å². The van der Waals surface area contributed by atoms with Crippen molar-refractivity contribution in [3.05, 3.63) is 53.5 Å². The molecule has 0 heterocycles. The molecule has 1 heteroatoms. The number of aryl methyl sites for hydroxylation is 1. The molecule has 0 unspecified atom stereocenters. The van der Waals surface area contributed by atoms with Gasteiger partial charge in [-0.3, -0.25) is 0 Å². The highest BCUT2D eigenvalue weighted by atomic mass is 32.2. The van der Waals surface area contributed by atoms with Crippen LogP contribution < -0.4 is 0 Å². The van der Waals surface area contributed by atoms with Crippen LogP contribution in [0.5, 0.6) is 0 Å². The molecular formula is C13H16S. The van der Waals surface area contributed by atoms with Crippen LogP contribution in [-0.2, 0) is 0 Å². The van der Waals surface area contributed by atoms with Gasteiger partial charge in [-0.05, 0) is 29.9 Å². The summed E-state index contributed by atoms with van der Waals surface area (Å²) in [6.07, 6.45) is 0. The van der Waals surface area contributed by atoms with Gasteiger partial charge in [0, 0.05) is 5.75 Å². The quantitative estimate of drug-likeness (QED) is 0.705. The van der Waals surface area contributed by atoms with Crippen molar-refractivity contribution in [2.24, 2.45) is 0 Å². The molecule has 74 valence electrons. The molecule has 0 spiro atoms. The maximum Gasteiger partial charge on any atom is 0.0228 e. The summed E-state index contributed by atoms with van der Waals surface area (Å²) in [5, 5.41) is 0. The number of benzene rings is 1. The predicted octanol–water partition coefficient (Wildman–Crippen LogP) is 4.28. The Hall–Kier alpha value is -0.950. The molecule has 0 N–H and O–H groups in total. The van der Waals surface area contributed by atoms with Gasteiger partial charge in [-0.25, -0.2) is 0 Å². The summed E-state index contributed by atoms with van der Waals surface area (Å²) in [4.78, 5) is 1.14. The van der Waals surface area contributed by atoms with E-state index in [1.54, 1.807) is 11.8 Å². The van der Waals surface area contributed by atoms with Crippen LogP contribution in [0, 0.1) is 6.92 Å². The van der Waals surface area contributed by atoms with E-state index in [1.807, 2.05) is 6.92 Å². The SMILES string of the molecule is C=C(C)SCC(=C)c1ccc(C)cc1. The van der Waals surface area contributed by atoms with Gasteiger partial charge in [0.25, 0.3) is 0 Å². The summed E-state index contributed by atoms with van der Waals surface area (Å²) >= 11 is 1.74. The van der Waals surface area contributed by atoms with E-state index in [9.17, 15) is 0 Å². The number of hydrogen-bond acceptors (Lipinski definition) is 1. The topological polar surface area (TPSA) is 0 Å². The second-order valence-corrected chi connectivity index (χ2v) is 4.73. The third-order valence-electron chi connectivity index (χ3n) is 1.95. The van der Waals surface area contributed by atoms with E-state index in [2.05, 4.69) is 44.3 Å². The van der Waals surface area contributed by atoms with E-state index in [-0.39, 0.29) is 0 Å². The van der Waals surface area contributed by atoms with Crippen molar-refractivity contribution in [3.8, 4) is 0 Å². The Morgan fingerprint density at radius 1 is 1.21 bits per heavy atom. The third kappa shape index (κ3) is 3.43. The fourth-order valence-corrected chi connectivity index (χ4v) is 1.67. The molecule has 1 rings (SSSR count). The monoisotopic (exact) mass is 204 g/mol. The highest BCUT2D eigenvalue weighted by Gasteiger charge is 1.98. The Kier molecular flexibility index (Phi) is 4.02. The van der Waals surface area contributed by atoms with Crippen LogP contribution in [-0.4, -0.2) is 5.75 Å². The number of thioether (sulfide) groups is 1. The Bertz CT molecular complexity index is 333. The van der Waals surface area contributed by atoms with Crippen LogP contribution in [0.2, 0.25) is 0 Å². The molecule has 14 heavy (non-hydrogen) atoms. The standard InChI is InChI=1S/C13H16S/c1-10(2)14-9-12(4)13-7-5-11(3)6-8-13/h5-8H,1,4,9H2,2-3H3. The molecule has 0 atom stereocenters. The van der Waals surface area contributed by atoms with Gasteiger partial charge in [0.1, 0.15) is 0 Å². The second-order valence-electron chi connectivity index (χ2n) is 3.46. The lowest BCUT2D eigenvalue weighted by atomic mass is 10.1. The van der Waals surface area contributed by atoms with E-state index >= 15 is 0 Å². The van der Waals surface area contributed by atoms with Crippen molar-refractivity contribution >= 4 is 17.3 Å². The fourth-order valence-electron chi connectivity index (χ4n) is 1.08. The highest BCUT2D eigenvalue weighted by molar-refractivity contribution is 8.03. The first-order valence-electron chi connectivity index (χ1n) is 4.62. The molecule has 0 radical (unpaired) electrons. The Morgan fingerprint density at radius 3 is 2.29 bits per heavy atom. The maximum absolute atomic E-state index is 4.06. The summed E-state index contributed by atoms with van der Waals surface area (Å²) in [6, 6.07) is 8.48. The average molecular weight is 204 g/mol. The molecule has 0 saturated heterocycles. The average Bonchev–Trinajstić information content (AvgIpc) is 2.15. The third-order valence-corrected chi connectivity index (χ3v) is 2.94. The summed E-state index contributed by atoms with van der Waals surface area (Å²) < 4.78 is 0. The van der Waals surface area contributed by atoms with Crippen LogP contribution >= 0.6 is 11.8 Å². The minimum Gasteiger partial charge on any atom is -0.127 e. The van der Waals surface area contributed by atoms with Gasteiger partial charge in [-0.2, -0.15) is 0 Å². The fraction of sp³-hybridized carbons (Fsp3) is 0.231. The molecule has 1 aromatic carbocycles. The first-order valence-corrected chi connectivity index (χ1v) is 5.61. The van der Waals surface area contributed by atoms with Crippen molar-refractivity contribution in [3.63, 3.8) is 0 Å². The number of rotatable bonds is 4. The molecular weight excluding hydrogens is 188 g/mol. The van der Waals surface area contributed by atoms with Crippen molar-refractivity contribution < 1.29 is 0 Å². The van der Waals surface area contributed by atoms with Crippen LogP contribution in [0.15, 0.2) is 42.3 Å². The summed E-state index contributed by atoms with van der Waals surface area (Å²) in [5.41, 5.74) is 3.68. The van der Waals surface area contributed by atoms with Gasteiger partial charge in [0.05, 0.1) is 0 Å². The highest BCUT2D eigenvalue weighted by Crippen LogP contribution is 2.22. The van der Waals surface area contributed by atoms with Gasteiger partial charge in [0.2, 0.25) is 0 Å². The summed E-state index contributed by atoms with van der Waals surface area (Å²) in [6.45, 7) is 12.0. The molecule has 0 aliphatic rings. The first kappa shape index (κ1) is 11.1. The second kappa shape index (κ2) is 5.06. The lowest BCUT2D eigenvalue weighted by Gasteiger charge is -2.05. The van der Waals surface area contributed by atoms with E-state index in [1.165, 1.54) is 11.1 Å². The van der Waals surface area contributed by atoms with Crippen molar-refractivity contribution in [2.45, 2.75) is 13.8 Å². The van der Waals surface area contributed by atoms with Crippen molar-refractivity contribution in [2.75, 3.05) is 5.75 Å². The summed E-state index contributed by atoms with van der Waals surface area (Å²) in [7, 11) is 0. The Labute approximate surface area is 90.7 Å². The van der Waals surface area contributed by atoms with Gasteiger partial charge < -0.3 is 0 Å². The summed E-state index contributed by atoms with van der Waals surface area (Å²) in [5.74, 6) is 0.929. The van der Waals surface area contributed by atoms with E-state index in [4.69, 9.17) is 0 Å². The predicted molar refractivity (Wildman–Crippen MR) is 67.5 cm³/mol. The zero-order chi connectivity index (χ0) is 10.6. The van der Waals surface area contributed by atoms with Crippen molar-refractivity contribution in [1.29, 1.82) is 0 Å². The van der Waals surface area contributed by atoms with Crippen LogP contribution in [0.25, 0.3) is 5.57 Å². The van der Waals surface area contributed by atoms with Gasteiger partial charge in [-0.1, -0.05) is 43.0 Å². The van der Waals surface area contributed by atoms with Gasteiger partial charge in [-0.15, -0.1) is 11.8 Å². The number of allylic oxidation sites excluding steroid dienone is 1.